The Balaban J connectivity index is 1.67. The number of aryl methyl sites for hydroxylation is 1. The van der Waals surface area contributed by atoms with Gasteiger partial charge in [0.1, 0.15) is 5.82 Å². The number of rotatable bonds is 4. The van der Waals surface area contributed by atoms with Crippen LogP contribution in [0.2, 0.25) is 0 Å². The summed E-state index contributed by atoms with van der Waals surface area (Å²) in [4.78, 5) is 35.9. The van der Waals surface area contributed by atoms with Gasteiger partial charge in [0, 0.05) is 31.7 Å². The summed E-state index contributed by atoms with van der Waals surface area (Å²) >= 11 is 0. The van der Waals surface area contributed by atoms with E-state index in [4.69, 9.17) is 0 Å². The molecule has 1 saturated heterocycles. The van der Waals surface area contributed by atoms with Gasteiger partial charge in [-0.1, -0.05) is 12.1 Å². The van der Waals surface area contributed by atoms with Crippen molar-refractivity contribution in [3.05, 3.63) is 54.0 Å². The highest BCUT2D eigenvalue weighted by atomic mass is 16.2. The topological polar surface area (TPSA) is 75.2 Å². The third kappa shape index (κ3) is 4.32. The van der Waals surface area contributed by atoms with Gasteiger partial charge in [0.25, 0.3) is 0 Å². The number of piperidine rings is 1. The van der Waals surface area contributed by atoms with Crippen LogP contribution in [-0.4, -0.2) is 39.8 Å². The van der Waals surface area contributed by atoms with Crippen molar-refractivity contribution in [2.75, 3.05) is 18.4 Å². The molecule has 2 aromatic rings. The van der Waals surface area contributed by atoms with Crippen LogP contribution in [0, 0.1) is 12.8 Å². The zero-order valence-electron chi connectivity index (χ0n) is 16.1. The quantitative estimate of drug-likeness (QED) is 0.903. The number of aromatic nitrogens is 2. The van der Waals surface area contributed by atoms with Gasteiger partial charge in [-0.05, 0) is 56.9 Å². The number of carbonyl (C=O) groups is 2. The number of likely N-dealkylation sites (tertiary alicyclic amines) is 1. The fourth-order valence-electron chi connectivity index (χ4n) is 3.40. The molecule has 0 aromatic carbocycles. The van der Waals surface area contributed by atoms with Crippen LogP contribution in [0.15, 0.2) is 42.9 Å². The van der Waals surface area contributed by atoms with E-state index in [1.807, 2.05) is 43.9 Å². The van der Waals surface area contributed by atoms with Crippen molar-refractivity contribution in [2.24, 2.45) is 5.92 Å². The first-order valence-electron chi connectivity index (χ1n) is 9.31. The average Bonchev–Trinajstić information content (AvgIpc) is 2.70. The summed E-state index contributed by atoms with van der Waals surface area (Å²) in [6, 6.07) is 7.47. The molecule has 3 rings (SSSR count). The highest BCUT2D eigenvalue weighted by Gasteiger charge is 2.37. The molecule has 1 fully saturated rings. The average molecular weight is 366 g/mol. The fourth-order valence-corrected chi connectivity index (χ4v) is 3.40. The molecular weight excluding hydrogens is 340 g/mol. The molecule has 27 heavy (non-hydrogen) atoms. The number of pyridine rings is 2. The molecule has 0 aliphatic carbocycles. The molecule has 3 heterocycles. The second kappa shape index (κ2) is 7.86. The Hall–Kier alpha value is -2.76. The largest absolute Gasteiger partial charge is 0.341 e. The van der Waals surface area contributed by atoms with Gasteiger partial charge >= 0.3 is 0 Å². The summed E-state index contributed by atoms with van der Waals surface area (Å²) in [7, 11) is 0. The van der Waals surface area contributed by atoms with Crippen LogP contribution in [0.1, 0.15) is 37.8 Å². The summed E-state index contributed by atoms with van der Waals surface area (Å²) < 4.78 is 0. The molecule has 1 aliphatic rings. The first kappa shape index (κ1) is 19.0. The zero-order chi connectivity index (χ0) is 19.4. The van der Waals surface area contributed by atoms with Gasteiger partial charge in [0.05, 0.1) is 11.3 Å². The molecule has 2 amide bonds. The van der Waals surface area contributed by atoms with Crippen molar-refractivity contribution in [3.63, 3.8) is 0 Å². The minimum Gasteiger partial charge on any atom is -0.341 e. The van der Waals surface area contributed by atoms with Crippen LogP contribution >= 0.6 is 0 Å². The van der Waals surface area contributed by atoms with E-state index in [1.165, 1.54) is 0 Å². The number of hydrogen-bond acceptors (Lipinski definition) is 4. The van der Waals surface area contributed by atoms with Crippen molar-refractivity contribution in [1.82, 2.24) is 14.9 Å². The maximum absolute atomic E-state index is 13.1. The second-order valence-electron chi connectivity index (χ2n) is 7.67. The number of nitrogens with one attached hydrogen (secondary N) is 1. The lowest BCUT2D eigenvalue weighted by Gasteiger charge is -2.37. The Morgan fingerprint density at radius 2 is 2.04 bits per heavy atom. The fraction of sp³-hybridized carbons (Fsp3) is 0.429. The molecule has 1 aliphatic heterocycles. The molecule has 0 unspecified atom stereocenters. The molecule has 0 spiro atoms. The van der Waals surface area contributed by atoms with Crippen LogP contribution in [0.4, 0.5) is 5.82 Å². The van der Waals surface area contributed by atoms with E-state index in [0.29, 0.717) is 18.9 Å². The van der Waals surface area contributed by atoms with E-state index in [9.17, 15) is 9.59 Å². The molecule has 6 heteroatoms. The van der Waals surface area contributed by atoms with Crippen LogP contribution in [0.5, 0.6) is 0 Å². The van der Waals surface area contributed by atoms with Crippen molar-refractivity contribution in [3.8, 4) is 0 Å². The lowest BCUT2D eigenvalue weighted by atomic mass is 9.83. The Morgan fingerprint density at radius 1 is 1.22 bits per heavy atom. The SMILES string of the molecule is Cc1ccc(NC(=O)[C@@H]2CCCN(C(=O)C(C)(C)c3cccnc3)C2)nc1. The number of amides is 2. The van der Waals surface area contributed by atoms with E-state index in [2.05, 4.69) is 15.3 Å². The van der Waals surface area contributed by atoms with Crippen molar-refractivity contribution in [2.45, 2.75) is 39.0 Å². The van der Waals surface area contributed by atoms with Crippen LogP contribution in [-0.2, 0) is 15.0 Å². The normalized spacial score (nSPS) is 17.4. The van der Waals surface area contributed by atoms with Gasteiger partial charge in [-0.15, -0.1) is 0 Å². The van der Waals surface area contributed by atoms with Gasteiger partial charge in [-0.2, -0.15) is 0 Å². The number of hydrogen-bond donors (Lipinski definition) is 1. The van der Waals surface area contributed by atoms with Crippen LogP contribution in [0.25, 0.3) is 0 Å². The Labute approximate surface area is 160 Å². The standard InChI is InChI=1S/C21H26N4O2/c1-15-8-9-18(23-12-15)24-19(26)16-6-5-11-25(14-16)20(27)21(2,3)17-7-4-10-22-13-17/h4,7-10,12-13,16H,5-6,11,14H2,1-3H3,(H,23,24,26)/t16-/m1/s1. The third-order valence-electron chi connectivity index (χ3n) is 5.16. The minimum atomic E-state index is -0.675. The van der Waals surface area contributed by atoms with E-state index in [-0.39, 0.29) is 17.7 Å². The van der Waals surface area contributed by atoms with E-state index < -0.39 is 5.41 Å². The first-order valence-corrected chi connectivity index (χ1v) is 9.31. The lowest BCUT2D eigenvalue weighted by molar-refractivity contribution is -0.139. The minimum absolute atomic E-state index is 0.0291. The lowest BCUT2D eigenvalue weighted by Crippen LogP contribution is -2.49. The van der Waals surface area contributed by atoms with Crippen molar-refractivity contribution >= 4 is 17.6 Å². The predicted molar refractivity (Wildman–Crippen MR) is 104 cm³/mol. The van der Waals surface area contributed by atoms with Gasteiger partial charge in [0.15, 0.2) is 0 Å². The van der Waals surface area contributed by atoms with E-state index in [0.717, 1.165) is 24.0 Å². The molecular formula is C21H26N4O2. The molecule has 0 bridgehead atoms. The zero-order valence-corrected chi connectivity index (χ0v) is 16.1. The molecule has 6 nitrogen and oxygen atoms in total. The Kier molecular flexibility index (Phi) is 5.54. The first-order chi connectivity index (χ1) is 12.9. The van der Waals surface area contributed by atoms with Crippen molar-refractivity contribution in [1.29, 1.82) is 0 Å². The summed E-state index contributed by atoms with van der Waals surface area (Å²) in [5.74, 6) is 0.268. The van der Waals surface area contributed by atoms with Crippen LogP contribution in [0.3, 0.4) is 0 Å². The second-order valence-corrected chi connectivity index (χ2v) is 7.67. The maximum Gasteiger partial charge on any atom is 0.232 e. The van der Waals surface area contributed by atoms with Gasteiger partial charge in [-0.25, -0.2) is 4.98 Å². The highest BCUT2D eigenvalue weighted by Crippen LogP contribution is 2.28. The molecule has 142 valence electrons. The third-order valence-corrected chi connectivity index (χ3v) is 5.16. The summed E-state index contributed by atoms with van der Waals surface area (Å²) in [5, 5.41) is 2.87. The van der Waals surface area contributed by atoms with E-state index in [1.54, 1.807) is 24.7 Å². The Morgan fingerprint density at radius 3 is 2.70 bits per heavy atom. The molecule has 1 N–H and O–H groups in total. The molecule has 0 saturated carbocycles. The van der Waals surface area contributed by atoms with E-state index >= 15 is 0 Å². The Bertz CT molecular complexity index is 803. The van der Waals surface area contributed by atoms with Crippen molar-refractivity contribution < 1.29 is 9.59 Å². The number of carbonyl (C=O) groups excluding carboxylic acids is 2. The molecule has 2 aromatic heterocycles. The van der Waals surface area contributed by atoms with Crippen LogP contribution < -0.4 is 5.32 Å². The maximum atomic E-state index is 13.1. The summed E-state index contributed by atoms with van der Waals surface area (Å²) in [6.07, 6.45) is 6.74. The highest BCUT2D eigenvalue weighted by molar-refractivity contribution is 5.93. The van der Waals surface area contributed by atoms with Gasteiger partial charge in [-0.3, -0.25) is 14.6 Å². The number of nitrogens with zero attached hydrogens (tertiary/aromatic N) is 3. The number of anilines is 1. The van der Waals surface area contributed by atoms with Gasteiger partial charge < -0.3 is 10.2 Å². The molecule has 0 radical (unpaired) electrons. The summed E-state index contributed by atoms with van der Waals surface area (Å²) in [5.41, 5.74) is 1.25. The predicted octanol–water partition coefficient (Wildman–Crippen LogP) is 2.94. The smallest absolute Gasteiger partial charge is 0.232 e. The van der Waals surface area contributed by atoms with Gasteiger partial charge in [0.2, 0.25) is 11.8 Å². The summed E-state index contributed by atoms with van der Waals surface area (Å²) in [6.45, 7) is 6.88. The molecule has 1 atom stereocenters. The monoisotopic (exact) mass is 366 g/mol.